The number of nitrogens with zero attached hydrogens (tertiary/aromatic N) is 3. The lowest BCUT2D eigenvalue weighted by atomic mass is 9.92. The van der Waals surface area contributed by atoms with Crippen molar-refractivity contribution in [2.75, 3.05) is 36.5 Å². The van der Waals surface area contributed by atoms with Gasteiger partial charge in [-0.2, -0.15) is 13.2 Å². The standard InChI is InChI=1S/C27H26F3N5O3/c1-16-2-3-17(25(36)33-20-9-19(10-32-11-20)27(28,29)30)8-23(16)18-5-7-35(13-18)24-12-31-6-4-22(24)26(37)34-21-14-38-15-21/h2-4,6,8-12,18,21H,5,7,13-15H2,1H3,(H,33,36)(H,34,37)/t18-/m1/s1. The van der Waals surface area contributed by atoms with Gasteiger partial charge in [0.05, 0.1) is 54.2 Å². The Morgan fingerprint density at radius 1 is 1.05 bits per heavy atom. The Morgan fingerprint density at radius 3 is 2.61 bits per heavy atom. The van der Waals surface area contributed by atoms with Gasteiger partial charge in [0.25, 0.3) is 11.8 Å². The minimum absolute atomic E-state index is 0.0121. The number of rotatable bonds is 6. The van der Waals surface area contributed by atoms with Crippen LogP contribution >= 0.6 is 0 Å². The third-order valence-corrected chi connectivity index (χ3v) is 6.85. The van der Waals surface area contributed by atoms with Crippen molar-refractivity contribution in [3.63, 3.8) is 0 Å². The lowest BCUT2D eigenvalue weighted by molar-refractivity contribution is -0.137. The summed E-state index contributed by atoms with van der Waals surface area (Å²) in [6.07, 6.45) is 1.42. The van der Waals surface area contributed by atoms with Gasteiger partial charge in [0.15, 0.2) is 0 Å². The number of aryl methyl sites for hydroxylation is 1. The molecule has 0 bridgehead atoms. The number of hydrogen-bond donors (Lipinski definition) is 2. The van der Waals surface area contributed by atoms with Gasteiger partial charge in [0.2, 0.25) is 0 Å². The number of carbonyl (C=O) groups is 2. The second kappa shape index (κ2) is 10.4. The van der Waals surface area contributed by atoms with Gasteiger partial charge in [-0.25, -0.2) is 0 Å². The minimum atomic E-state index is -4.56. The summed E-state index contributed by atoms with van der Waals surface area (Å²) in [5.41, 5.74) is 2.64. The van der Waals surface area contributed by atoms with Gasteiger partial charge in [0, 0.05) is 37.0 Å². The van der Waals surface area contributed by atoms with E-state index in [1.165, 1.54) is 6.20 Å². The number of carbonyl (C=O) groups excluding carboxylic acids is 2. The number of halogens is 3. The van der Waals surface area contributed by atoms with E-state index < -0.39 is 17.6 Å². The summed E-state index contributed by atoms with van der Waals surface area (Å²) in [7, 11) is 0. The van der Waals surface area contributed by atoms with E-state index >= 15 is 0 Å². The maximum atomic E-state index is 13.0. The fourth-order valence-corrected chi connectivity index (χ4v) is 4.73. The third kappa shape index (κ3) is 5.47. The molecule has 0 spiro atoms. The van der Waals surface area contributed by atoms with Crippen molar-refractivity contribution in [2.45, 2.75) is 31.5 Å². The number of pyridine rings is 2. The zero-order valence-corrected chi connectivity index (χ0v) is 20.6. The molecule has 3 aromatic rings. The smallest absolute Gasteiger partial charge is 0.377 e. The van der Waals surface area contributed by atoms with Crippen LogP contribution in [0.25, 0.3) is 0 Å². The monoisotopic (exact) mass is 525 g/mol. The summed E-state index contributed by atoms with van der Waals surface area (Å²) in [4.78, 5) is 35.7. The zero-order chi connectivity index (χ0) is 26.9. The van der Waals surface area contributed by atoms with Crippen LogP contribution in [0.1, 0.15) is 49.7 Å². The van der Waals surface area contributed by atoms with E-state index in [1.807, 2.05) is 13.0 Å². The molecule has 4 heterocycles. The molecule has 198 valence electrons. The van der Waals surface area contributed by atoms with Crippen molar-refractivity contribution in [1.82, 2.24) is 15.3 Å². The second-order valence-corrected chi connectivity index (χ2v) is 9.52. The first-order valence-electron chi connectivity index (χ1n) is 12.2. The first-order valence-corrected chi connectivity index (χ1v) is 12.2. The molecule has 2 aliphatic rings. The van der Waals surface area contributed by atoms with Gasteiger partial charge < -0.3 is 20.3 Å². The van der Waals surface area contributed by atoms with Crippen molar-refractivity contribution in [1.29, 1.82) is 0 Å². The minimum Gasteiger partial charge on any atom is -0.377 e. The van der Waals surface area contributed by atoms with E-state index in [1.54, 1.807) is 30.6 Å². The van der Waals surface area contributed by atoms with E-state index in [0.29, 0.717) is 43.6 Å². The van der Waals surface area contributed by atoms with E-state index in [9.17, 15) is 22.8 Å². The highest BCUT2D eigenvalue weighted by Crippen LogP contribution is 2.34. The summed E-state index contributed by atoms with van der Waals surface area (Å²) in [5, 5.41) is 5.48. The Morgan fingerprint density at radius 2 is 1.87 bits per heavy atom. The first kappa shape index (κ1) is 25.7. The molecule has 8 nitrogen and oxygen atoms in total. The fraction of sp³-hybridized carbons (Fsp3) is 0.333. The number of anilines is 2. The number of aromatic nitrogens is 2. The Kier molecular flexibility index (Phi) is 7.02. The van der Waals surface area contributed by atoms with Crippen LogP contribution in [0.4, 0.5) is 24.5 Å². The van der Waals surface area contributed by atoms with Crippen molar-refractivity contribution >= 4 is 23.2 Å². The SMILES string of the molecule is Cc1ccc(C(=O)Nc2cncc(C(F)(F)F)c2)cc1[C@@H]1CCN(c2cnccc2C(=O)NC2COC2)C1. The van der Waals surface area contributed by atoms with E-state index in [4.69, 9.17) is 4.74 Å². The van der Waals surface area contributed by atoms with Gasteiger partial charge >= 0.3 is 6.18 Å². The van der Waals surface area contributed by atoms with Gasteiger partial charge in [-0.3, -0.25) is 19.6 Å². The number of alkyl halides is 3. The summed E-state index contributed by atoms with van der Waals surface area (Å²) in [6, 6.07) is 7.84. The topological polar surface area (TPSA) is 96.5 Å². The highest BCUT2D eigenvalue weighted by Gasteiger charge is 2.32. The number of hydrogen-bond acceptors (Lipinski definition) is 6. The van der Waals surface area contributed by atoms with Gasteiger partial charge in [-0.1, -0.05) is 6.07 Å². The van der Waals surface area contributed by atoms with Crippen molar-refractivity contribution in [2.24, 2.45) is 0 Å². The van der Waals surface area contributed by atoms with Crippen LogP contribution in [-0.4, -0.2) is 54.1 Å². The summed E-state index contributed by atoms with van der Waals surface area (Å²) >= 11 is 0. The normalized spacial score (nSPS) is 17.7. The molecule has 0 radical (unpaired) electrons. The predicted molar refractivity (Wildman–Crippen MR) is 134 cm³/mol. The Balaban J connectivity index is 1.31. The molecule has 11 heteroatoms. The quantitative estimate of drug-likeness (QED) is 0.502. The Bertz CT molecular complexity index is 1360. The molecule has 0 unspecified atom stereocenters. The third-order valence-electron chi connectivity index (χ3n) is 6.85. The van der Waals surface area contributed by atoms with Crippen molar-refractivity contribution in [3.8, 4) is 0 Å². The van der Waals surface area contributed by atoms with Gasteiger partial charge in [-0.15, -0.1) is 0 Å². The van der Waals surface area contributed by atoms with Crippen LogP contribution in [0.15, 0.2) is 55.1 Å². The van der Waals surface area contributed by atoms with Crippen molar-refractivity contribution in [3.05, 3.63) is 82.9 Å². The molecule has 38 heavy (non-hydrogen) atoms. The summed E-state index contributed by atoms with van der Waals surface area (Å²) in [6.45, 7) is 4.30. The molecule has 2 fully saturated rings. The molecule has 0 saturated carbocycles. The predicted octanol–water partition coefficient (Wildman–Crippen LogP) is 4.18. The molecule has 5 rings (SSSR count). The second-order valence-electron chi connectivity index (χ2n) is 9.52. The van der Waals surface area contributed by atoms with Crippen molar-refractivity contribution < 1.29 is 27.5 Å². The van der Waals surface area contributed by atoms with Gasteiger partial charge in [0.1, 0.15) is 0 Å². The molecule has 0 aliphatic carbocycles. The molecule has 2 N–H and O–H groups in total. The molecule has 2 aromatic heterocycles. The highest BCUT2D eigenvalue weighted by atomic mass is 19.4. The maximum Gasteiger partial charge on any atom is 0.417 e. The van der Waals surface area contributed by atoms with E-state index in [0.717, 1.165) is 29.3 Å². The molecular formula is C27H26F3N5O3. The molecular weight excluding hydrogens is 499 g/mol. The van der Waals surface area contributed by atoms with Crippen LogP contribution in [-0.2, 0) is 10.9 Å². The number of ether oxygens (including phenoxy) is 1. The molecule has 1 aromatic carbocycles. The largest absolute Gasteiger partial charge is 0.417 e. The fourth-order valence-electron chi connectivity index (χ4n) is 4.73. The molecule has 1 atom stereocenters. The lowest BCUT2D eigenvalue weighted by Crippen LogP contribution is -2.48. The molecule has 2 aliphatic heterocycles. The summed E-state index contributed by atoms with van der Waals surface area (Å²) < 4.78 is 44.2. The Labute approximate surface area is 217 Å². The number of benzene rings is 1. The molecule has 2 amide bonds. The maximum absolute atomic E-state index is 13.0. The van der Waals surface area contributed by atoms with E-state index in [-0.39, 0.29) is 23.6 Å². The lowest BCUT2D eigenvalue weighted by Gasteiger charge is -2.28. The molecule has 2 saturated heterocycles. The van der Waals surface area contributed by atoms with Crippen LogP contribution in [0.3, 0.4) is 0 Å². The van der Waals surface area contributed by atoms with Crippen LogP contribution in [0, 0.1) is 6.92 Å². The number of amides is 2. The summed E-state index contributed by atoms with van der Waals surface area (Å²) in [5.74, 6) is -0.597. The zero-order valence-electron chi connectivity index (χ0n) is 20.6. The highest BCUT2D eigenvalue weighted by molar-refractivity contribution is 6.04. The van der Waals surface area contributed by atoms with Crippen LogP contribution in [0.5, 0.6) is 0 Å². The van der Waals surface area contributed by atoms with Crippen LogP contribution < -0.4 is 15.5 Å². The van der Waals surface area contributed by atoms with E-state index in [2.05, 4.69) is 25.5 Å². The Hall–Kier alpha value is -3.99. The van der Waals surface area contributed by atoms with Gasteiger partial charge in [-0.05, 0) is 48.7 Å². The average Bonchev–Trinajstić information content (AvgIpc) is 3.36. The first-order chi connectivity index (χ1) is 18.2. The number of nitrogens with one attached hydrogen (secondary N) is 2. The average molecular weight is 526 g/mol. The van der Waals surface area contributed by atoms with Crippen LogP contribution in [0.2, 0.25) is 0 Å².